The molecule has 1 N–H and O–H groups in total. The summed E-state index contributed by atoms with van der Waals surface area (Å²) < 4.78 is 0. The van der Waals surface area contributed by atoms with Gasteiger partial charge < -0.3 is 5.11 Å². The second-order valence-corrected chi connectivity index (χ2v) is 6.80. The first-order valence-corrected chi connectivity index (χ1v) is 8.30. The Morgan fingerprint density at radius 1 is 1.19 bits per heavy atom. The molecule has 0 bridgehead atoms. The van der Waals surface area contributed by atoms with E-state index in [-0.39, 0.29) is 0 Å². The first kappa shape index (κ1) is 14.3. The molecule has 110 valence electrons. The molecule has 1 aliphatic carbocycles. The number of carboxylic acid groups (broad SMARTS) is 1. The Morgan fingerprint density at radius 3 is 2.48 bits per heavy atom. The van der Waals surface area contributed by atoms with Crippen LogP contribution in [0.15, 0.2) is 29.6 Å². The molecule has 0 radical (unpaired) electrons. The van der Waals surface area contributed by atoms with Crippen LogP contribution in [-0.2, 0) is 0 Å². The highest BCUT2D eigenvalue weighted by Gasteiger charge is 2.22. The maximum absolute atomic E-state index is 10.9. The number of carboxylic acids is 1. The fourth-order valence-electron chi connectivity index (χ4n) is 2.90. The van der Waals surface area contributed by atoms with Crippen molar-refractivity contribution in [2.45, 2.75) is 38.5 Å². The van der Waals surface area contributed by atoms with Crippen LogP contribution in [0, 0.1) is 5.92 Å². The lowest BCUT2D eigenvalue weighted by Gasteiger charge is -2.24. The summed E-state index contributed by atoms with van der Waals surface area (Å²) in [5.74, 6) is 0.569. The van der Waals surface area contributed by atoms with E-state index in [2.05, 4.69) is 12.3 Å². The minimum Gasteiger partial charge on any atom is -0.478 e. The van der Waals surface area contributed by atoms with Gasteiger partial charge >= 0.3 is 5.97 Å². The van der Waals surface area contributed by atoms with Gasteiger partial charge in [0, 0.05) is 16.9 Å². The van der Waals surface area contributed by atoms with E-state index in [9.17, 15) is 4.79 Å². The van der Waals surface area contributed by atoms with E-state index in [1.807, 2.05) is 12.1 Å². The SMILES string of the molecule is CC1CCC(c2nc(-c3ccc(C(=O)O)cc3)cs2)CC1. The third-order valence-electron chi connectivity index (χ3n) is 4.31. The number of thiazole rings is 1. The topological polar surface area (TPSA) is 50.2 Å². The van der Waals surface area contributed by atoms with Crippen LogP contribution < -0.4 is 0 Å². The fraction of sp³-hybridized carbons (Fsp3) is 0.412. The van der Waals surface area contributed by atoms with Crippen LogP contribution in [-0.4, -0.2) is 16.1 Å². The lowest BCUT2D eigenvalue weighted by molar-refractivity contribution is 0.0697. The van der Waals surface area contributed by atoms with E-state index < -0.39 is 5.97 Å². The average Bonchev–Trinajstić information content (AvgIpc) is 2.98. The Kier molecular flexibility index (Phi) is 4.06. The lowest BCUT2D eigenvalue weighted by atomic mass is 9.83. The molecule has 0 saturated heterocycles. The van der Waals surface area contributed by atoms with Crippen molar-refractivity contribution >= 4 is 17.3 Å². The molecule has 3 rings (SSSR count). The van der Waals surface area contributed by atoms with Crippen molar-refractivity contribution in [1.29, 1.82) is 0 Å². The van der Waals surface area contributed by atoms with Gasteiger partial charge in [-0.05, 0) is 30.9 Å². The van der Waals surface area contributed by atoms with E-state index in [1.165, 1.54) is 30.7 Å². The molecule has 21 heavy (non-hydrogen) atoms. The number of hydrogen-bond acceptors (Lipinski definition) is 3. The molecular weight excluding hydrogens is 282 g/mol. The van der Waals surface area contributed by atoms with Crippen LogP contribution in [0.5, 0.6) is 0 Å². The quantitative estimate of drug-likeness (QED) is 0.885. The molecule has 1 fully saturated rings. The zero-order valence-electron chi connectivity index (χ0n) is 12.1. The molecule has 0 unspecified atom stereocenters. The highest BCUT2D eigenvalue weighted by atomic mass is 32.1. The maximum Gasteiger partial charge on any atom is 0.335 e. The average molecular weight is 301 g/mol. The lowest BCUT2D eigenvalue weighted by Crippen LogP contribution is -2.10. The van der Waals surface area contributed by atoms with E-state index in [0.717, 1.165) is 17.2 Å². The van der Waals surface area contributed by atoms with Gasteiger partial charge in [-0.1, -0.05) is 31.9 Å². The number of hydrogen-bond donors (Lipinski definition) is 1. The first-order chi connectivity index (χ1) is 10.1. The van der Waals surface area contributed by atoms with Crippen molar-refractivity contribution in [3.63, 3.8) is 0 Å². The fourth-order valence-corrected chi connectivity index (χ4v) is 3.90. The summed E-state index contributed by atoms with van der Waals surface area (Å²) in [6.07, 6.45) is 5.08. The van der Waals surface area contributed by atoms with E-state index >= 15 is 0 Å². The van der Waals surface area contributed by atoms with Gasteiger partial charge in [0.2, 0.25) is 0 Å². The second-order valence-electron chi connectivity index (χ2n) is 5.91. The highest BCUT2D eigenvalue weighted by molar-refractivity contribution is 7.10. The molecule has 1 aromatic heterocycles. The van der Waals surface area contributed by atoms with Gasteiger partial charge in [0.05, 0.1) is 16.3 Å². The molecule has 1 saturated carbocycles. The number of rotatable bonds is 3. The summed E-state index contributed by atoms with van der Waals surface area (Å²) in [5, 5.41) is 12.3. The van der Waals surface area contributed by atoms with E-state index in [0.29, 0.717) is 11.5 Å². The largest absolute Gasteiger partial charge is 0.478 e. The molecule has 0 aliphatic heterocycles. The molecule has 0 amide bonds. The Morgan fingerprint density at radius 2 is 1.86 bits per heavy atom. The Hall–Kier alpha value is -1.68. The zero-order valence-corrected chi connectivity index (χ0v) is 12.9. The minimum absolute atomic E-state index is 0.315. The van der Waals surface area contributed by atoms with Gasteiger partial charge in [0.25, 0.3) is 0 Å². The Labute approximate surface area is 128 Å². The van der Waals surface area contributed by atoms with E-state index in [4.69, 9.17) is 10.1 Å². The smallest absolute Gasteiger partial charge is 0.335 e. The first-order valence-electron chi connectivity index (χ1n) is 7.42. The standard InChI is InChI=1S/C17H19NO2S/c1-11-2-4-13(5-3-11)16-18-15(10-21-16)12-6-8-14(9-7-12)17(19)20/h6-11,13H,2-5H2,1H3,(H,19,20). The molecule has 1 aromatic carbocycles. The summed E-state index contributed by atoms with van der Waals surface area (Å²) in [6, 6.07) is 6.95. The maximum atomic E-state index is 10.9. The van der Waals surface area contributed by atoms with Crippen LogP contribution in [0.1, 0.15) is 53.9 Å². The third-order valence-corrected chi connectivity index (χ3v) is 5.32. The van der Waals surface area contributed by atoms with Gasteiger partial charge in [-0.2, -0.15) is 0 Å². The summed E-state index contributed by atoms with van der Waals surface area (Å²) >= 11 is 1.74. The molecule has 1 aliphatic rings. The molecule has 3 nitrogen and oxygen atoms in total. The van der Waals surface area contributed by atoms with Gasteiger partial charge in [0.1, 0.15) is 0 Å². The molecule has 1 heterocycles. The summed E-state index contributed by atoms with van der Waals surface area (Å²) in [4.78, 5) is 15.6. The molecule has 2 aromatic rings. The number of benzene rings is 1. The van der Waals surface area contributed by atoms with Gasteiger partial charge in [0.15, 0.2) is 0 Å². The van der Waals surface area contributed by atoms with E-state index in [1.54, 1.807) is 23.5 Å². The number of aromatic nitrogens is 1. The predicted molar refractivity (Wildman–Crippen MR) is 84.9 cm³/mol. The van der Waals surface area contributed by atoms with Gasteiger partial charge in [-0.15, -0.1) is 11.3 Å². The van der Waals surface area contributed by atoms with Crippen LogP contribution in [0.4, 0.5) is 0 Å². The molecular formula is C17H19NO2S. The van der Waals surface area contributed by atoms with Crippen molar-refractivity contribution in [1.82, 2.24) is 4.98 Å². The van der Waals surface area contributed by atoms with Crippen LogP contribution in [0.25, 0.3) is 11.3 Å². The number of nitrogens with zero attached hydrogens (tertiary/aromatic N) is 1. The van der Waals surface area contributed by atoms with Crippen molar-refractivity contribution < 1.29 is 9.90 Å². The van der Waals surface area contributed by atoms with Crippen molar-refractivity contribution in [2.75, 3.05) is 0 Å². The highest BCUT2D eigenvalue weighted by Crippen LogP contribution is 2.37. The summed E-state index contributed by atoms with van der Waals surface area (Å²) in [6.45, 7) is 2.33. The van der Waals surface area contributed by atoms with Crippen molar-refractivity contribution in [3.8, 4) is 11.3 Å². The summed E-state index contributed by atoms with van der Waals surface area (Å²) in [7, 11) is 0. The molecule has 0 atom stereocenters. The Bertz CT molecular complexity index is 624. The summed E-state index contributed by atoms with van der Waals surface area (Å²) in [5.41, 5.74) is 2.27. The van der Waals surface area contributed by atoms with Gasteiger partial charge in [-0.3, -0.25) is 0 Å². The van der Waals surface area contributed by atoms with Gasteiger partial charge in [-0.25, -0.2) is 9.78 Å². The monoisotopic (exact) mass is 301 g/mol. The molecule has 4 heteroatoms. The van der Waals surface area contributed by atoms with Crippen LogP contribution in [0.3, 0.4) is 0 Å². The third kappa shape index (κ3) is 3.16. The second kappa shape index (κ2) is 5.98. The zero-order chi connectivity index (χ0) is 14.8. The Balaban J connectivity index is 1.76. The van der Waals surface area contributed by atoms with Crippen LogP contribution >= 0.6 is 11.3 Å². The minimum atomic E-state index is -0.892. The van der Waals surface area contributed by atoms with Crippen molar-refractivity contribution in [3.05, 3.63) is 40.2 Å². The van der Waals surface area contributed by atoms with Crippen molar-refractivity contribution in [2.24, 2.45) is 5.92 Å². The van der Waals surface area contributed by atoms with Crippen LogP contribution in [0.2, 0.25) is 0 Å². The number of aromatic carboxylic acids is 1. The normalized spacial score (nSPS) is 22.1. The number of carbonyl (C=O) groups is 1. The molecule has 0 spiro atoms. The predicted octanol–water partition coefficient (Wildman–Crippen LogP) is 4.80.